The van der Waals surface area contributed by atoms with Crippen LogP contribution in [0.3, 0.4) is 0 Å². The number of hydrogen-bond donors (Lipinski definition) is 2. The van der Waals surface area contributed by atoms with E-state index >= 15 is 0 Å². The molecule has 3 nitrogen and oxygen atoms in total. The summed E-state index contributed by atoms with van der Waals surface area (Å²) in [5.41, 5.74) is 6.46. The van der Waals surface area contributed by atoms with Gasteiger partial charge in [0.05, 0.1) is 12.1 Å². The molecular weight excluding hydrogens is 212 g/mol. The Morgan fingerprint density at radius 3 is 2.33 bits per heavy atom. The Kier molecular flexibility index (Phi) is 4.12. The first-order valence-corrected chi connectivity index (χ1v) is 5.20. The summed E-state index contributed by atoms with van der Waals surface area (Å²) in [5.74, 6) is -0.155. The van der Waals surface area contributed by atoms with Gasteiger partial charge < -0.3 is 11.1 Å². The van der Waals surface area contributed by atoms with Crippen LogP contribution in [-0.2, 0) is 4.79 Å². The molecule has 1 rings (SSSR count). The van der Waals surface area contributed by atoms with Crippen LogP contribution in [-0.4, -0.2) is 11.9 Å². The van der Waals surface area contributed by atoms with E-state index in [9.17, 15) is 4.79 Å². The number of hydrogen-bond acceptors (Lipinski definition) is 2. The van der Waals surface area contributed by atoms with Crippen molar-refractivity contribution in [3.8, 4) is 0 Å². The van der Waals surface area contributed by atoms with Gasteiger partial charge >= 0.3 is 0 Å². The Morgan fingerprint density at radius 2 is 1.87 bits per heavy atom. The summed E-state index contributed by atoms with van der Waals surface area (Å²) in [7, 11) is 0. The zero-order valence-corrected chi connectivity index (χ0v) is 9.58. The summed E-state index contributed by atoms with van der Waals surface area (Å²) in [4.78, 5) is 11.3. The van der Waals surface area contributed by atoms with Crippen LogP contribution in [0.5, 0.6) is 0 Å². The monoisotopic (exact) mass is 226 g/mol. The maximum Gasteiger partial charge on any atom is 0.237 e. The lowest BCUT2D eigenvalue weighted by atomic mass is 10.1. The van der Waals surface area contributed by atoms with Crippen molar-refractivity contribution in [3.05, 3.63) is 34.9 Å². The molecule has 0 saturated heterocycles. The molecule has 0 spiro atoms. The fourth-order valence-corrected chi connectivity index (χ4v) is 1.31. The van der Waals surface area contributed by atoms with Gasteiger partial charge in [-0.2, -0.15) is 0 Å². The van der Waals surface area contributed by atoms with Crippen molar-refractivity contribution in [2.24, 2.45) is 5.73 Å². The van der Waals surface area contributed by atoms with E-state index in [1.807, 2.05) is 19.1 Å². The molecule has 0 aromatic heterocycles. The second-order valence-corrected chi connectivity index (χ2v) is 4.01. The summed E-state index contributed by atoms with van der Waals surface area (Å²) >= 11 is 5.77. The van der Waals surface area contributed by atoms with E-state index in [4.69, 9.17) is 17.3 Å². The molecular formula is C11H15ClN2O. The molecule has 15 heavy (non-hydrogen) atoms. The summed E-state index contributed by atoms with van der Waals surface area (Å²) in [6.45, 7) is 3.56. The van der Waals surface area contributed by atoms with Crippen LogP contribution in [0.4, 0.5) is 0 Å². The summed E-state index contributed by atoms with van der Waals surface area (Å²) in [5, 5.41) is 3.49. The van der Waals surface area contributed by atoms with Crippen molar-refractivity contribution in [1.29, 1.82) is 0 Å². The van der Waals surface area contributed by atoms with Gasteiger partial charge in [-0.05, 0) is 31.5 Å². The highest BCUT2D eigenvalue weighted by atomic mass is 35.5. The molecule has 0 aliphatic rings. The number of carbonyl (C=O) groups excluding carboxylic acids is 1. The number of nitrogens with two attached hydrogens (primary N) is 1. The molecule has 1 unspecified atom stereocenters. The Balaban J connectivity index is 2.65. The molecule has 0 saturated carbocycles. The van der Waals surface area contributed by atoms with Crippen molar-refractivity contribution >= 4 is 17.5 Å². The maximum atomic E-state index is 11.3. The minimum absolute atomic E-state index is 0.0548. The van der Waals surface area contributed by atoms with Gasteiger partial charge in [0.2, 0.25) is 5.91 Å². The number of benzene rings is 1. The number of carbonyl (C=O) groups is 1. The molecule has 4 heteroatoms. The highest BCUT2D eigenvalue weighted by Gasteiger charge is 2.12. The lowest BCUT2D eigenvalue weighted by Gasteiger charge is -2.15. The first-order valence-electron chi connectivity index (χ1n) is 4.82. The first kappa shape index (κ1) is 12.0. The van der Waals surface area contributed by atoms with Gasteiger partial charge in [-0.1, -0.05) is 23.7 Å². The van der Waals surface area contributed by atoms with Crippen LogP contribution < -0.4 is 11.1 Å². The minimum atomic E-state index is -0.486. The van der Waals surface area contributed by atoms with Crippen molar-refractivity contribution < 1.29 is 4.79 Å². The average molecular weight is 227 g/mol. The molecule has 82 valence electrons. The molecule has 1 amide bonds. The molecule has 3 N–H and O–H groups in total. The van der Waals surface area contributed by atoms with Gasteiger partial charge in [0.25, 0.3) is 0 Å². The van der Waals surface area contributed by atoms with Crippen LogP contribution in [0.1, 0.15) is 25.5 Å². The maximum absolute atomic E-state index is 11.3. The van der Waals surface area contributed by atoms with Crippen LogP contribution in [0.2, 0.25) is 5.02 Å². The van der Waals surface area contributed by atoms with Crippen molar-refractivity contribution in [2.45, 2.75) is 25.9 Å². The zero-order valence-electron chi connectivity index (χ0n) is 8.83. The molecule has 2 atom stereocenters. The Hall–Kier alpha value is -1.06. The van der Waals surface area contributed by atoms with Gasteiger partial charge in [-0.25, -0.2) is 0 Å². The number of rotatable bonds is 3. The predicted molar refractivity (Wildman–Crippen MR) is 61.7 cm³/mol. The van der Waals surface area contributed by atoms with Crippen molar-refractivity contribution in [2.75, 3.05) is 0 Å². The lowest BCUT2D eigenvalue weighted by molar-refractivity contribution is -0.122. The van der Waals surface area contributed by atoms with Crippen LogP contribution in [0.15, 0.2) is 24.3 Å². The number of nitrogens with one attached hydrogen (secondary N) is 1. The minimum Gasteiger partial charge on any atom is -0.348 e. The molecule has 0 heterocycles. The third-order valence-electron chi connectivity index (χ3n) is 2.14. The van der Waals surface area contributed by atoms with Gasteiger partial charge in [-0.3, -0.25) is 4.79 Å². The second-order valence-electron chi connectivity index (χ2n) is 3.57. The topological polar surface area (TPSA) is 55.1 Å². The van der Waals surface area contributed by atoms with E-state index < -0.39 is 6.04 Å². The van der Waals surface area contributed by atoms with Gasteiger partial charge in [-0.15, -0.1) is 0 Å². The normalized spacial score (nSPS) is 14.4. The number of amides is 1. The van der Waals surface area contributed by atoms with Crippen molar-refractivity contribution in [1.82, 2.24) is 5.32 Å². The molecule has 0 bridgehead atoms. The highest BCUT2D eigenvalue weighted by Crippen LogP contribution is 2.15. The Labute approximate surface area is 94.6 Å². The predicted octanol–water partition coefficient (Wildman–Crippen LogP) is 1.86. The van der Waals surface area contributed by atoms with E-state index in [0.717, 1.165) is 5.56 Å². The zero-order chi connectivity index (χ0) is 11.4. The summed E-state index contributed by atoms with van der Waals surface area (Å²) in [6, 6.07) is 6.82. The van der Waals surface area contributed by atoms with E-state index in [1.54, 1.807) is 19.1 Å². The molecule has 1 aromatic carbocycles. The Bertz CT molecular complexity index is 335. The third-order valence-corrected chi connectivity index (χ3v) is 2.39. The van der Waals surface area contributed by atoms with E-state index in [0.29, 0.717) is 5.02 Å². The van der Waals surface area contributed by atoms with Gasteiger partial charge in [0, 0.05) is 5.02 Å². The van der Waals surface area contributed by atoms with Gasteiger partial charge in [0.15, 0.2) is 0 Å². The standard InChI is InChI=1S/C11H15ClN2O/c1-7(13)11(15)14-8(2)9-3-5-10(12)6-4-9/h3-8H,13H2,1-2H3,(H,14,15)/t7-,8?/m0/s1. The molecule has 0 aliphatic carbocycles. The lowest BCUT2D eigenvalue weighted by Crippen LogP contribution is -2.39. The summed E-state index contributed by atoms with van der Waals surface area (Å²) < 4.78 is 0. The highest BCUT2D eigenvalue weighted by molar-refractivity contribution is 6.30. The fourth-order valence-electron chi connectivity index (χ4n) is 1.18. The first-order chi connectivity index (χ1) is 7.00. The Morgan fingerprint density at radius 1 is 1.33 bits per heavy atom. The largest absolute Gasteiger partial charge is 0.348 e. The van der Waals surface area contributed by atoms with Gasteiger partial charge in [0.1, 0.15) is 0 Å². The summed E-state index contributed by atoms with van der Waals surface area (Å²) in [6.07, 6.45) is 0. The third kappa shape index (κ3) is 3.53. The fraction of sp³-hybridized carbons (Fsp3) is 0.364. The molecule has 0 fully saturated rings. The molecule has 0 radical (unpaired) electrons. The van der Waals surface area contributed by atoms with Crippen molar-refractivity contribution in [3.63, 3.8) is 0 Å². The average Bonchev–Trinajstić information content (AvgIpc) is 2.18. The second kappa shape index (κ2) is 5.14. The quantitative estimate of drug-likeness (QED) is 0.827. The van der Waals surface area contributed by atoms with Crippen LogP contribution in [0.25, 0.3) is 0 Å². The van der Waals surface area contributed by atoms with E-state index in [2.05, 4.69) is 5.32 Å². The molecule has 0 aliphatic heterocycles. The van der Waals surface area contributed by atoms with Crippen LogP contribution in [0, 0.1) is 0 Å². The SMILES string of the molecule is CC(NC(=O)[C@H](C)N)c1ccc(Cl)cc1. The van der Waals surface area contributed by atoms with E-state index in [1.165, 1.54) is 0 Å². The number of halogens is 1. The molecule has 1 aromatic rings. The van der Waals surface area contributed by atoms with Crippen LogP contribution >= 0.6 is 11.6 Å². The smallest absolute Gasteiger partial charge is 0.237 e. The van der Waals surface area contributed by atoms with E-state index in [-0.39, 0.29) is 11.9 Å².